The lowest BCUT2D eigenvalue weighted by atomic mass is 10.3. The molecule has 0 aliphatic carbocycles. The maximum atomic E-state index is 6.00. The standard InChI is InChI=1S/C11H13N3S/c1-8-10(12)14(13-11(8)15-2)9-6-4-3-5-7-9/h3-7H,12H2,1-2H3. The Kier molecular flexibility index (Phi) is 2.68. The van der Waals surface area contributed by atoms with Gasteiger partial charge in [0.15, 0.2) is 0 Å². The number of hydrogen-bond acceptors (Lipinski definition) is 3. The van der Waals surface area contributed by atoms with Crippen LogP contribution in [0, 0.1) is 6.92 Å². The second kappa shape index (κ2) is 3.98. The van der Waals surface area contributed by atoms with Crippen LogP contribution in [0.1, 0.15) is 5.56 Å². The van der Waals surface area contributed by atoms with Crippen LogP contribution in [0.25, 0.3) is 5.69 Å². The lowest BCUT2D eigenvalue weighted by Gasteiger charge is -2.02. The van der Waals surface area contributed by atoms with E-state index in [0.29, 0.717) is 5.82 Å². The topological polar surface area (TPSA) is 43.8 Å². The van der Waals surface area contributed by atoms with E-state index in [4.69, 9.17) is 5.73 Å². The van der Waals surface area contributed by atoms with Gasteiger partial charge in [-0.15, -0.1) is 11.8 Å². The fraction of sp³-hybridized carbons (Fsp3) is 0.182. The van der Waals surface area contributed by atoms with E-state index >= 15 is 0 Å². The summed E-state index contributed by atoms with van der Waals surface area (Å²) in [4.78, 5) is 0. The SMILES string of the molecule is CSc1nn(-c2ccccc2)c(N)c1C. The average Bonchev–Trinajstić information content (AvgIpc) is 2.57. The Hall–Kier alpha value is -1.42. The van der Waals surface area contributed by atoms with Gasteiger partial charge in [-0.2, -0.15) is 5.10 Å². The minimum atomic E-state index is 0.713. The summed E-state index contributed by atoms with van der Waals surface area (Å²) >= 11 is 1.61. The number of anilines is 1. The fourth-order valence-electron chi connectivity index (χ4n) is 1.45. The summed E-state index contributed by atoms with van der Waals surface area (Å²) in [5.41, 5.74) is 8.04. The molecule has 0 aliphatic rings. The van der Waals surface area contributed by atoms with Crippen LogP contribution in [0.4, 0.5) is 5.82 Å². The minimum absolute atomic E-state index is 0.713. The Morgan fingerprint density at radius 2 is 1.93 bits per heavy atom. The number of nitrogens with two attached hydrogens (primary N) is 1. The highest BCUT2D eigenvalue weighted by molar-refractivity contribution is 7.98. The molecule has 0 aliphatic heterocycles. The zero-order valence-corrected chi connectivity index (χ0v) is 9.58. The van der Waals surface area contributed by atoms with Crippen molar-refractivity contribution in [3.63, 3.8) is 0 Å². The van der Waals surface area contributed by atoms with Gasteiger partial charge in [-0.3, -0.25) is 0 Å². The predicted octanol–water partition coefficient (Wildman–Crippen LogP) is 2.48. The minimum Gasteiger partial charge on any atom is -0.383 e. The Morgan fingerprint density at radius 3 is 2.47 bits per heavy atom. The van der Waals surface area contributed by atoms with E-state index in [2.05, 4.69) is 5.10 Å². The third kappa shape index (κ3) is 1.72. The number of thioether (sulfide) groups is 1. The van der Waals surface area contributed by atoms with Crippen LogP contribution < -0.4 is 5.73 Å². The Labute approximate surface area is 93.3 Å². The second-order valence-electron chi connectivity index (χ2n) is 3.27. The van der Waals surface area contributed by atoms with Gasteiger partial charge in [0.05, 0.1) is 5.69 Å². The van der Waals surface area contributed by atoms with Gasteiger partial charge in [0.25, 0.3) is 0 Å². The maximum absolute atomic E-state index is 6.00. The fourth-order valence-corrected chi connectivity index (χ4v) is 2.02. The molecule has 0 saturated heterocycles. The average molecular weight is 219 g/mol. The summed E-state index contributed by atoms with van der Waals surface area (Å²) in [5, 5.41) is 5.44. The van der Waals surface area contributed by atoms with Gasteiger partial charge in [0.2, 0.25) is 0 Å². The van der Waals surface area contributed by atoms with E-state index in [1.807, 2.05) is 43.5 Å². The van der Waals surface area contributed by atoms with Crippen molar-refractivity contribution < 1.29 is 0 Å². The molecule has 1 aromatic heterocycles. The molecule has 4 heteroatoms. The molecule has 0 bridgehead atoms. The van der Waals surface area contributed by atoms with Crippen LogP contribution in [-0.4, -0.2) is 16.0 Å². The molecule has 0 radical (unpaired) electrons. The van der Waals surface area contributed by atoms with Crippen molar-refractivity contribution in [2.45, 2.75) is 11.9 Å². The van der Waals surface area contributed by atoms with Gasteiger partial charge in [-0.25, -0.2) is 4.68 Å². The molecule has 2 aromatic rings. The molecule has 0 amide bonds. The summed E-state index contributed by atoms with van der Waals surface area (Å²) in [6.45, 7) is 1.99. The first-order valence-electron chi connectivity index (χ1n) is 4.68. The first-order valence-corrected chi connectivity index (χ1v) is 5.91. The van der Waals surface area contributed by atoms with Gasteiger partial charge < -0.3 is 5.73 Å². The van der Waals surface area contributed by atoms with E-state index in [0.717, 1.165) is 16.3 Å². The van der Waals surface area contributed by atoms with Crippen LogP contribution in [-0.2, 0) is 0 Å². The highest BCUT2D eigenvalue weighted by atomic mass is 32.2. The third-order valence-electron chi connectivity index (χ3n) is 2.32. The normalized spacial score (nSPS) is 10.5. The number of benzene rings is 1. The van der Waals surface area contributed by atoms with Crippen molar-refractivity contribution in [2.75, 3.05) is 12.0 Å². The Balaban J connectivity index is 2.55. The van der Waals surface area contributed by atoms with Crippen molar-refractivity contribution in [1.29, 1.82) is 0 Å². The summed E-state index contributed by atoms with van der Waals surface area (Å²) in [5.74, 6) is 0.713. The van der Waals surface area contributed by atoms with Crippen molar-refractivity contribution >= 4 is 17.6 Å². The molecule has 1 heterocycles. The van der Waals surface area contributed by atoms with Gasteiger partial charge in [0.1, 0.15) is 10.8 Å². The molecule has 0 unspecified atom stereocenters. The molecule has 0 fully saturated rings. The molecule has 3 nitrogen and oxygen atoms in total. The third-order valence-corrected chi connectivity index (χ3v) is 3.09. The van der Waals surface area contributed by atoms with Crippen LogP contribution in [0.15, 0.2) is 35.4 Å². The zero-order chi connectivity index (χ0) is 10.8. The lowest BCUT2D eigenvalue weighted by molar-refractivity contribution is 0.845. The lowest BCUT2D eigenvalue weighted by Crippen LogP contribution is -2.01. The number of hydrogen-bond donors (Lipinski definition) is 1. The molecule has 0 saturated carbocycles. The first kappa shape index (κ1) is 10.1. The number of para-hydroxylation sites is 1. The number of nitrogens with zero attached hydrogens (tertiary/aromatic N) is 2. The van der Waals surface area contributed by atoms with E-state index in [-0.39, 0.29) is 0 Å². The largest absolute Gasteiger partial charge is 0.383 e. The zero-order valence-electron chi connectivity index (χ0n) is 8.77. The first-order chi connectivity index (χ1) is 7.24. The van der Waals surface area contributed by atoms with E-state index in [9.17, 15) is 0 Å². The molecular weight excluding hydrogens is 206 g/mol. The van der Waals surface area contributed by atoms with Gasteiger partial charge in [-0.05, 0) is 25.3 Å². The number of nitrogen functional groups attached to an aromatic ring is 1. The van der Waals surface area contributed by atoms with E-state index in [1.54, 1.807) is 16.4 Å². The molecule has 2 N–H and O–H groups in total. The van der Waals surface area contributed by atoms with Crippen LogP contribution >= 0.6 is 11.8 Å². The summed E-state index contributed by atoms with van der Waals surface area (Å²) in [7, 11) is 0. The van der Waals surface area contributed by atoms with Crippen molar-refractivity contribution in [2.24, 2.45) is 0 Å². The molecular formula is C11H13N3S. The Morgan fingerprint density at radius 1 is 1.27 bits per heavy atom. The highest BCUT2D eigenvalue weighted by Gasteiger charge is 2.11. The Bertz CT molecular complexity index is 462. The number of aromatic nitrogens is 2. The van der Waals surface area contributed by atoms with Crippen LogP contribution in [0.2, 0.25) is 0 Å². The van der Waals surface area contributed by atoms with Crippen LogP contribution in [0.5, 0.6) is 0 Å². The van der Waals surface area contributed by atoms with E-state index in [1.165, 1.54) is 0 Å². The summed E-state index contributed by atoms with van der Waals surface area (Å²) in [6, 6.07) is 9.92. The predicted molar refractivity (Wildman–Crippen MR) is 64.5 cm³/mol. The molecule has 0 spiro atoms. The molecule has 0 atom stereocenters. The molecule has 1 aromatic carbocycles. The summed E-state index contributed by atoms with van der Waals surface area (Å²) < 4.78 is 1.78. The number of rotatable bonds is 2. The molecule has 2 rings (SSSR count). The molecule has 78 valence electrons. The monoisotopic (exact) mass is 219 g/mol. The van der Waals surface area contributed by atoms with Gasteiger partial charge in [0, 0.05) is 5.56 Å². The quantitative estimate of drug-likeness (QED) is 0.789. The van der Waals surface area contributed by atoms with E-state index < -0.39 is 0 Å². The smallest absolute Gasteiger partial charge is 0.131 e. The second-order valence-corrected chi connectivity index (χ2v) is 4.06. The van der Waals surface area contributed by atoms with Gasteiger partial charge in [-0.1, -0.05) is 18.2 Å². The van der Waals surface area contributed by atoms with Gasteiger partial charge >= 0.3 is 0 Å². The molecule has 15 heavy (non-hydrogen) atoms. The summed E-state index contributed by atoms with van der Waals surface area (Å²) in [6.07, 6.45) is 2.00. The van der Waals surface area contributed by atoms with Crippen molar-refractivity contribution in [3.8, 4) is 5.69 Å². The van der Waals surface area contributed by atoms with Crippen molar-refractivity contribution in [3.05, 3.63) is 35.9 Å². The highest BCUT2D eigenvalue weighted by Crippen LogP contribution is 2.25. The van der Waals surface area contributed by atoms with Crippen molar-refractivity contribution in [1.82, 2.24) is 9.78 Å². The van der Waals surface area contributed by atoms with Crippen LogP contribution in [0.3, 0.4) is 0 Å². The maximum Gasteiger partial charge on any atom is 0.131 e.